The zero-order chi connectivity index (χ0) is 48.0. The van der Waals surface area contributed by atoms with Gasteiger partial charge in [0.05, 0.1) is 42.1 Å². The lowest BCUT2D eigenvalue weighted by Crippen LogP contribution is -2.64. The molecule has 15 heteroatoms. The number of ether oxygens (including phenoxy) is 9. The summed E-state index contributed by atoms with van der Waals surface area (Å²) in [6.07, 6.45) is -15.0. The van der Waals surface area contributed by atoms with Crippen molar-refractivity contribution in [3.63, 3.8) is 0 Å². The summed E-state index contributed by atoms with van der Waals surface area (Å²) in [4.78, 5) is 55.4. The Morgan fingerprint density at radius 1 is 0.391 bits per heavy atom. The molecule has 2 saturated heterocycles. The molecule has 0 spiro atoms. The smallest absolute Gasteiger partial charge is 0.338 e. The first kappa shape index (κ1) is 48.4. The molecular weight excluding hydrogens is 889 g/mol. The van der Waals surface area contributed by atoms with Gasteiger partial charge in [-0.3, -0.25) is 0 Å². The maximum Gasteiger partial charge on any atom is 0.338 e. The molecule has 0 saturated carbocycles. The summed E-state index contributed by atoms with van der Waals surface area (Å²) in [6.45, 7) is -1.04. The minimum atomic E-state index is -1.71. The number of rotatable bonds is 18. The summed E-state index contributed by atoms with van der Waals surface area (Å²) >= 11 is 0. The van der Waals surface area contributed by atoms with Crippen LogP contribution in [-0.2, 0) is 55.8 Å². The summed E-state index contributed by atoms with van der Waals surface area (Å²) < 4.78 is 55.4. The number of esters is 4. The van der Waals surface area contributed by atoms with E-state index < -0.39 is 98.5 Å². The fourth-order valence-corrected chi connectivity index (χ4v) is 7.80. The monoisotopic (exact) mass is 938 g/mol. The molecule has 6 aromatic carbocycles. The van der Waals surface area contributed by atoms with Crippen LogP contribution in [0.3, 0.4) is 0 Å². The van der Waals surface area contributed by atoms with E-state index in [0.29, 0.717) is 0 Å². The second-order valence-electron chi connectivity index (χ2n) is 16.1. The largest absolute Gasteiger partial charge is 0.459 e. The van der Waals surface area contributed by atoms with Gasteiger partial charge in [-0.05, 0) is 59.7 Å². The second kappa shape index (κ2) is 23.8. The van der Waals surface area contributed by atoms with Gasteiger partial charge in [-0.15, -0.1) is 0 Å². The van der Waals surface area contributed by atoms with E-state index in [0.717, 1.165) is 11.1 Å². The molecule has 0 aliphatic carbocycles. The number of carbonyl (C=O) groups excluding carboxylic acids is 4. The van der Waals surface area contributed by atoms with Crippen LogP contribution in [0.4, 0.5) is 0 Å². The van der Waals surface area contributed by atoms with E-state index in [1.165, 1.54) is 36.4 Å². The standard InChI is InChI=1S/C54H50O15/c55-43-41(65-53(60)47(62-32-36-21-9-2-10-22-36)45(43)61-31-35-19-7-1-8-20-35)33-64-54-48(69-52(59)40-29-17-6-18-30-40)46(68-51(58)39-27-15-5-16-28-39)44(67-50(57)38-25-13-4-14-26-38)42(66-54)34-63-49(56)37-23-11-3-12-24-37/h1-30,41-48,53-55,60H,31-34H2/t41-,42-,43-,44-,45+,46+,47-,48-,53+,54?/m1/s1. The van der Waals surface area contributed by atoms with Crippen molar-refractivity contribution < 1.29 is 72.0 Å². The van der Waals surface area contributed by atoms with E-state index in [4.69, 9.17) is 42.6 Å². The molecule has 8 rings (SSSR count). The lowest BCUT2D eigenvalue weighted by atomic mass is 9.97. The molecule has 6 aromatic rings. The molecule has 69 heavy (non-hydrogen) atoms. The van der Waals surface area contributed by atoms with Gasteiger partial charge in [-0.2, -0.15) is 0 Å². The van der Waals surface area contributed by atoms with E-state index in [1.54, 1.807) is 84.9 Å². The van der Waals surface area contributed by atoms with Gasteiger partial charge in [-0.1, -0.05) is 133 Å². The van der Waals surface area contributed by atoms with E-state index in [9.17, 15) is 29.4 Å². The van der Waals surface area contributed by atoms with Crippen LogP contribution in [0, 0.1) is 0 Å². The average Bonchev–Trinajstić information content (AvgIpc) is 3.40. The fraction of sp³-hybridized carbons (Fsp3) is 0.259. The minimum Gasteiger partial charge on any atom is -0.459 e. The molecule has 0 amide bonds. The quantitative estimate of drug-likeness (QED) is 0.0700. The van der Waals surface area contributed by atoms with Crippen molar-refractivity contribution in [3.8, 4) is 0 Å². The van der Waals surface area contributed by atoms with E-state index in [2.05, 4.69) is 0 Å². The molecule has 10 atom stereocenters. The van der Waals surface area contributed by atoms with Crippen molar-refractivity contribution in [2.45, 2.75) is 74.6 Å². The van der Waals surface area contributed by atoms with Crippen LogP contribution in [0.1, 0.15) is 52.6 Å². The Labute approximate surface area is 398 Å². The Morgan fingerprint density at radius 3 is 1.25 bits per heavy atom. The molecule has 2 fully saturated rings. The molecule has 1 unspecified atom stereocenters. The molecular formula is C54H50O15. The summed E-state index contributed by atoms with van der Waals surface area (Å²) in [5.41, 5.74) is 2.13. The third-order valence-electron chi connectivity index (χ3n) is 11.4. The van der Waals surface area contributed by atoms with Gasteiger partial charge in [-0.25, -0.2) is 19.2 Å². The highest BCUT2D eigenvalue weighted by molar-refractivity contribution is 5.91. The van der Waals surface area contributed by atoms with Gasteiger partial charge in [0.15, 0.2) is 30.9 Å². The predicted octanol–water partition coefficient (Wildman–Crippen LogP) is 6.51. The Balaban J connectivity index is 1.13. The summed E-state index contributed by atoms with van der Waals surface area (Å²) in [6, 6.07) is 50.5. The summed E-state index contributed by atoms with van der Waals surface area (Å²) in [7, 11) is 0. The molecule has 2 heterocycles. The first-order valence-corrected chi connectivity index (χ1v) is 22.3. The van der Waals surface area contributed by atoms with E-state index in [-0.39, 0.29) is 35.5 Å². The summed E-state index contributed by atoms with van der Waals surface area (Å²) in [5.74, 6) is -3.40. The number of benzene rings is 6. The SMILES string of the molecule is O=C(OC[C@H]1OC(OC[C@H]2O[C@H](O)[C@H](OCc3ccccc3)[C@@H](OCc3ccccc3)[C@@H]2O)[C@H](OC(=O)c2ccccc2)[C@@H](OC(=O)c2ccccc2)[C@@H]1OC(=O)c1ccccc1)c1ccccc1. The van der Waals surface area contributed by atoms with Crippen LogP contribution in [0.15, 0.2) is 182 Å². The molecule has 2 aliphatic rings. The first-order chi connectivity index (χ1) is 33.7. The fourth-order valence-electron chi connectivity index (χ4n) is 7.80. The molecule has 2 N–H and O–H groups in total. The number of hydrogen-bond donors (Lipinski definition) is 2. The Bertz CT molecular complexity index is 2550. The predicted molar refractivity (Wildman–Crippen MR) is 245 cm³/mol. The highest BCUT2D eigenvalue weighted by Gasteiger charge is 2.55. The lowest BCUT2D eigenvalue weighted by molar-refractivity contribution is -0.332. The van der Waals surface area contributed by atoms with Crippen LogP contribution >= 0.6 is 0 Å². The van der Waals surface area contributed by atoms with Gasteiger partial charge in [0.25, 0.3) is 0 Å². The van der Waals surface area contributed by atoms with Gasteiger partial charge in [0.1, 0.15) is 37.1 Å². The Kier molecular flexibility index (Phi) is 16.7. The Morgan fingerprint density at radius 2 is 0.783 bits per heavy atom. The van der Waals surface area contributed by atoms with Crippen molar-refractivity contribution in [3.05, 3.63) is 215 Å². The molecule has 0 radical (unpaired) electrons. The summed E-state index contributed by atoms with van der Waals surface area (Å²) in [5, 5.41) is 23.5. The van der Waals surface area contributed by atoms with Crippen LogP contribution < -0.4 is 0 Å². The van der Waals surface area contributed by atoms with Gasteiger partial charge < -0.3 is 52.8 Å². The van der Waals surface area contributed by atoms with Crippen LogP contribution in [0.5, 0.6) is 0 Å². The third-order valence-corrected chi connectivity index (χ3v) is 11.4. The van der Waals surface area contributed by atoms with Gasteiger partial charge >= 0.3 is 23.9 Å². The van der Waals surface area contributed by atoms with Crippen molar-refractivity contribution in [1.82, 2.24) is 0 Å². The number of aliphatic hydroxyl groups excluding tert-OH is 2. The highest BCUT2D eigenvalue weighted by atomic mass is 16.7. The van der Waals surface area contributed by atoms with Crippen LogP contribution in [0.25, 0.3) is 0 Å². The molecule has 0 aromatic heterocycles. The average molecular weight is 939 g/mol. The van der Waals surface area contributed by atoms with Gasteiger partial charge in [0.2, 0.25) is 0 Å². The maximum atomic E-state index is 14.1. The van der Waals surface area contributed by atoms with Gasteiger partial charge in [0, 0.05) is 0 Å². The molecule has 356 valence electrons. The second-order valence-corrected chi connectivity index (χ2v) is 16.1. The normalized spacial score (nSPS) is 24.3. The van der Waals surface area contributed by atoms with Crippen LogP contribution in [-0.4, -0.2) is 109 Å². The van der Waals surface area contributed by atoms with E-state index in [1.807, 2.05) is 60.7 Å². The van der Waals surface area contributed by atoms with Crippen molar-refractivity contribution >= 4 is 23.9 Å². The molecule has 15 nitrogen and oxygen atoms in total. The molecule has 2 aliphatic heterocycles. The zero-order valence-corrected chi connectivity index (χ0v) is 37.1. The topological polar surface area (TPSA) is 192 Å². The molecule has 0 bridgehead atoms. The number of hydrogen-bond acceptors (Lipinski definition) is 15. The van der Waals surface area contributed by atoms with Crippen molar-refractivity contribution in [2.24, 2.45) is 0 Å². The van der Waals surface area contributed by atoms with Crippen molar-refractivity contribution in [1.29, 1.82) is 0 Å². The zero-order valence-electron chi connectivity index (χ0n) is 37.1. The Hall–Kier alpha value is -7.08. The lowest BCUT2D eigenvalue weighted by Gasteiger charge is -2.45. The number of aliphatic hydroxyl groups is 2. The van der Waals surface area contributed by atoms with Crippen LogP contribution in [0.2, 0.25) is 0 Å². The van der Waals surface area contributed by atoms with E-state index >= 15 is 0 Å². The van der Waals surface area contributed by atoms with Crippen molar-refractivity contribution in [2.75, 3.05) is 13.2 Å². The third kappa shape index (κ3) is 12.7. The first-order valence-electron chi connectivity index (χ1n) is 22.3. The minimum absolute atomic E-state index is 0.0399. The number of carbonyl (C=O) groups is 4. The maximum absolute atomic E-state index is 14.1. The highest BCUT2D eigenvalue weighted by Crippen LogP contribution is 2.34.